The lowest BCUT2D eigenvalue weighted by molar-refractivity contribution is 0.0942. The highest BCUT2D eigenvalue weighted by atomic mass is 16.5. The third-order valence-electron chi connectivity index (χ3n) is 6.31. The van der Waals surface area contributed by atoms with E-state index >= 15 is 0 Å². The van der Waals surface area contributed by atoms with Gasteiger partial charge in [-0.25, -0.2) is 9.97 Å². The molecule has 1 saturated carbocycles. The van der Waals surface area contributed by atoms with Crippen molar-refractivity contribution in [3.63, 3.8) is 0 Å². The van der Waals surface area contributed by atoms with Crippen LogP contribution < -0.4 is 5.32 Å². The number of hydrogen-bond acceptors (Lipinski definition) is 6. The van der Waals surface area contributed by atoms with Crippen molar-refractivity contribution in [3.05, 3.63) is 64.9 Å². The van der Waals surface area contributed by atoms with E-state index in [0.717, 1.165) is 59.8 Å². The van der Waals surface area contributed by atoms with Gasteiger partial charge in [0.25, 0.3) is 5.91 Å². The molecular weight excluding hydrogens is 416 g/mol. The smallest absolute Gasteiger partial charge is 0.251 e. The second-order valence-electron chi connectivity index (χ2n) is 8.81. The van der Waals surface area contributed by atoms with Gasteiger partial charge >= 0.3 is 0 Å². The molecule has 4 rings (SSSR count). The summed E-state index contributed by atoms with van der Waals surface area (Å²) in [6.07, 6.45) is 6.02. The number of carbonyl (C=O) groups is 1. The summed E-state index contributed by atoms with van der Waals surface area (Å²) in [7, 11) is 0. The van der Waals surface area contributed by atoms with E-state index in [-0.39, 0.29) is 5.91 Å². The first-order chi connectivity index (χ1) is 16.0. The first kappa shape index (κ1) is 23.1. The number of benzene rings is 1. The molecule has 7 nitrogen and oxygen atoms in total. The molecule has 7 heteroatoms. The average molecular weight is 449 g/mol. The molecule has 174 valence electrons. The number of ether oxygens (including phenoxy) is 1. The maximum atomic E-state index is 12.6. The minimum absolute atomic E-state index is 0.0190. The Balaban J connectivity index is 1.32. The van der Waals surface area contributed by atoms with Crippen molar-refractivity contribution in [2.75, 3.05) is 13.2 Å². The highest BCUT2D eigenvalue weighted by Gasteiger charge is 2.27. The number of nitrogens with one attached hydrogen (secondary N) is 1. The van der Waals surface area contributed by atoms with Gasteiger partial charge in [0.2, 0.25) is 0 Å². The van der Waals surface area contributed by atoms with Gasteiger partial charge < -0.3 is 14.6 Å². The molecule has 0 bridgehead atoms. The summed E-state index contributed by atoms with van der Waals surface area (Å²) in [4.78, 5) is 21.7. The molecule has 0 atom stereocenters. The monoisotopic (exact) mass is 448 g/mol. The van der Waals surface area contributed by atoms with Crippen LogP contribution in [0.5, 0.6) is 0 Å². The molecule has 2 aromatic heterocycles. The lowest BCUT2D eigenvalue weighted by Gasteiger charge is -2.29. The van der Waals surface area contributed by atoms with E-state index in [0.29, 0.717) is 37.2 Å². The Hall–Kier alpha value is -3.06. The molecule has 1 aliphatic rings. The molecule has 0 aliphatic heterocycles. The molecule has 0 unspecified atom stereocenters. The van der Waals surface area contributed by atoms with Gasteiger partial charge in [-0.2, -0.15) is 0 Å². The first-order valence-electron chi connectivity index (χ1n) is 11.8. The number of aryl methyl sites for hydroxylation is 2. The van der Waals surface area contributed by atoms with Crippen molar-refractivity contribution in [1.29, 1.82) is 0 Å². The van der Waals surface area contributed by atoms with Gasteiger partial charge in [-0.1, -0.05) is 17.3 Å². The van der Waals surface area contributed by atoms with Crippen LogP contribution in [0, 0.1) is 19.8 Å². The Bertz CT molecular complexity index is 1070. The fourth-order valence-corrected chi connectivity index (χ4v) is 4.43. The Kier molecular flexibility index (Phi) is 7.50. The predicted molar refractivity (Wildman–Crippen MR) is 126 cm³/mol. The van der Waals surface area contributed by atoms with E-state index in [2.05, 4.69) is 15.5 Å². The van der Waals surface area contributed by atoms with Crippen LogP contribution in [0.3, 0.4) is 0 Å². The van der Waals surface area contributed by atoms with Gasteiger partial charge in [-0.3, -0.25) is 4.79 Å². The largest absolute Gasteiger partial charge is 0.377 e. The average Bonchev–Trinajstić information content (AvgIpc) is 3.27. The summed E-state index contributed by atoms with van der Waals surface area (Å²) in [5.41, 5.74) is 4.60. The maximum Gasteiger partial charge on any atom is 0.251 e. The van der Waals surface area contributed by atoms with E-state index in [1.165, 1.54) is 0 Å². The third-order valence-corrected chi connectivity index (χ3v) is 6.31. The SMILES string of the molecule is CCOCc1ccc(C(=O)NCC2CCC(c3nc(C)ncc3-c3cc(C)no3)CC2)cc1. The maximum absolute atomic E-state index is 12.6. The molecule has 1 aliphatic carbocycles. The normalized spacial score (nSPS) is 18.3. The van der Waals surface area contributed by atoms with E-state index in [1.54, 1.807) is 0 Å². The van der Waals surface area contributed by atoms with Crippen molar-refractivity contribution in [2.24, 2.45) is 5.92 Å². The van der Waals surface area contributed by atoms with Crippen LogP contribution in [-0.4, -0.2) is 34.2 Å². The van der Waals surface area contributed by atoms with E-state index in [1.807, 2.05) is 57.3 Å². The Labute approximate surface area is 195 Å². The van der Waals surface area contributed by atoms with Crippen LogP contribution in [0.15, 0.2) is 41.1 Å². The second kappa shape index (κ2) is 10.7. The number of carbonyl (C=O) groups excluding carboxylic acids is 1. The quantitative estimate of drug-likeness (QED) is 0.522. The van der Waals surface area contributed by atoms with E-state index in [9.17, 15) is 4.79 Å². The molecule has 0 radical (unpaired) electrons. The first-order valence-corrected chi connectivity index (χ1v) is 11.8. The van der Waals surface area contributed by atoms with Crippen molar-refractivity contribution in [2.45, 2.75) is 59.0 Å². The van der Waals surface area contributed by atoms with Gasteiger partial charge in [-0.15, -0.1) is 0 Å². The molecule has 0 spiro atoms. The minimum atomic E-state index is -0.0190. The van der Waals surface area contributed by atoms with Crippen molar-refractivity contribution in [1.82, 2.24) is 20.4 Å². The van der Waals surface area contributed by atoms with Crippen LogP contribution in [0.4, 0.5) is 0 Å². The van der Waals surface area contributed by atoms with Crippen molar-refractivity contribution >= 4 is 5.91 Å². The standard InChI is InChI=1S/C26H32N4O3/c1-4-32-16-20-7-11-22(12-8-20)26(31)28-14-19-5-9-21(10-6-19)25-23(15-27-18(3)29-25)24-13-17(2)30-33-24/h7-8,11-13,15,19,21H,4-6,9-10,14,16H2,1-3H3,(H,28,31). The van der Waals surface area contributed by atoms with Crippen LogP contribution in [-0.2, 0) is 11.3 Å². The van der Waals surface area contributed by atoms with Crippen LogP contribution >= 0.6 is 0 Å². The predicted octanol–water partition coefficient (Wildman–Crippen LogP) is 4.99. The molecule has 2 heterocycles. The van der Waals surface area contributed by atoms with E-state index in [4.69, 9.17) is 14.2 Å². The second-order valence-corrected chi connectivity index (χ2v) is 8.81. The summed E-state index contributed by atoms with van der Waals surface area (Å²) in [6, 6.07) is 9.57. The Morgan fingerprint density at radius 2 is 1.91 bits per heavy atom. The fourth-order valence-electron chi connectivity index (χ4n) is 4.43. The molecule has 1 fully saturated rings. The number of nitrogens with zero attached hydrogens (tertiary/aromatic N) is 3. The summed E-state index contributed by atoms with van der Waals surface area (Å²) in [5, 5.41) is 7.14. The molecule has 3 aromatic rings. The molecular formula is C26H32N4O3. The molecule has 1 amide bonds. The topological polar surface area (TPSA) is 90.1 Å². The number of hydrogen-bond donors (Lipinski definition) is 1. The van der Waals surface area contributed by atoms with Gasteiger partial charge in [0.1, 0.15) is 5.82 Å². The number of aromatic nitrogens is 3. The van der Waals surface area contributed by atoms with Crippen molar-refractivity contribution in [3.8, 4) is 11.3 Å². The summed E-state index contributed by atoms with van der Waals surface area (Å²) >= 11 is 0. The van der Waals surface area contributed by atoms with Crippen LogP contribution in [0.1, 0.15) is 71.7 Å². The summed E-state index contributed by atoms with van der Waals surface area (Å²) in [6.45, 7) is 7.76. The minimum Gasteiger partial charge on any atom is -0.377 e. The highest BCUT2D eigenvalue weighted by molar-refractivity contribution is 5.94. The van der Waals surface area contributed by atoms with Gasteiger partial charge in [0.05, 0.1) is 23.6 Å². The van der Waals surface area contributed by atoms with Crippen LogP contribution in [0.25, 0.3) is 11.3 Å². The zero-order valence-electron chi connectivity index (χ0n) is 19.6. The third kappa shape index (κ3) is 5.85. The van der Waals surface area contributed by atoms with E-state index < -0.39 is 0 Å². The summed E-state index contributed by atoms with van der Waals surface area (Å²) in [5.74, 6) is 2.31. The van der Waals surface area contributed by atoms with Gasteiger partial charge in [0, 0.05) is 36.9 Å². The van der Waals surface area contributed by atoms with Crippen LogP contribution in [0.2, 0.25) is 0 Å². The summed E-state index contributed by atoms with van der Waals surface area (Å²) < 4.78 is 10.9. The fraction of sp³-hybridized carbons (Fsp3) is 0.462. The molecule has 33 heavy (non-hydrogen) atoms. The number of rotatable bonds is 8. The van der Waals surface area contributed by atoms with Crippen molar-refractivity contribution < 1.29 is 14.1 Å². The lowest BCUT2D eigenvalue weighted by Crippen LogP contribution is -2.31. The van der Waals surface area contributed by atoms with Gasteiger partial charge in [0.15, 0.2) is 5.76 Å². The Morgan fingerprint density at radius 3 is 2.58 bits per heavy atom. The highest BCUT2D eigenvalue weighted by Crippen LogP contribution is 2.38. The Morgan fingerprint density at radius 1 is 1.15 bits per heavy atom. The zero-order valence-corrected chi connectivity index (χ0v) is 19.6. The van der Waals surface area contributed by atoms with Gasteiger partial charge in [-0.05, 0) is 70.1 Å². The zero-order chi connectivity index (χ0) is 23.2. The molecule has 0 saturated heterocycles. The molecule has 1 aromatic carbocycles. The lowest BCUT2D eigenvalue weighted by atomic mass is 9.79. The number of amides is 1. The molecule has 1 N–H and O–H groups in total.